The molecule has 0 spiro atoms. The molecular formula is C26H25FN4O2. The highest BCUT2D eigenvalue weighted by Gasteiger charge is 2.08. The molecule has 1 aliphatic carbocycles. The molecule has 0 bridgehead atoms. The summed E-state index contributed by atoms with van der Waals surface area (Å²) < 4.78 is 25.9. The Kier molecular flexibility index (Phi) is 6.99. The number of benzene rings is 2. The Bertz CT molecular complexity index is 1260. The third-order valence-electron chi connectivity index (χ3n) is 5.22. The van der Waals surface area contributed by atoms with E-state index >= 15 is 0 Å². The van der Waals surface area contributed by atoms with Gasteiger partial charge in [0.2, 0.25) is 0 Å². The topological polar surface area (TPSA) is 95.8 Å². The van der Waals surface area contributed by atoms with Crippen LogP contribution >= 0.6 is 0 Å². The fourth-order valence-electron chi connectivity index (χ4n) is 3.47. The van der Waals surface area contributed by atoms with Gasteiger partial charge in [-0.1, -0.05) is 42.5 Å². The minimum absolute atomic E-state index is 0.244. The van der Waals surface area contributed by atoms with Crippen molar-refractivity contribution in [1.82, 2.24) is 4.98 Å². The second-order valence-corrected chi connectivity index (χ2v) is 7.54. The molecule has 4 rings (SSSR count). The standard InChI is InChI=1S/C26H25FN4O2/c27-24-10-3-7-18-11-12-21(30-26(18)24)17-33-23-9-4-8-22(13-14-23)32-16-20-6-2-1-5-19(20)15-25(28)31-29/h1-3,5-14H,4,15-17,29H2,(H2,28,31). The second-order valence-electron chi connectivity index (χ2n) is 7.54. The van der Waals surface area contributed by atoms with Crippen molar-refractivity contribution in [3.63, 3.8) is 0 Å². The van der Waals surface area contributed by atoms with Crippen molar-refractivity contribution >= 4 is 16.7 Å². The number of nitrogens with zero attached hydrogens (tertiary/aromatic N) is 2. The third-order valence-corrected chi connectivity index (χ3v) is 5.22. The predicted molar refractivity (Wildman–Crippen MR) is 127 cm³/mol. The summed E-state index contributed by atoms with van der Waals surface area (Å²) in [6.07, 6.45) is 8.79. The molecule has 168 valence electrons. The molecule has 1 aliphatic rings. The van der Waals surface area contributed by atoms with E-state index in [0.717, 1.165) is 22.3 Å². The molecule has 0 unspecified atom stereocenters. The molecule has 4 N–H and O–H groups in total. The Morgan fingerprint density at radius 3 is 2.39 bits per heavy atom. The summed E-state index contributed by atoms with van der Waals surface area (Å²) in [5.74, 6) is 6.73. The first-order valence-corrected chi connectivity index (χ1v) is 10.6. The zero-order valence-corrected chi connectivity index (χ0v) is 18.1. The van der Waals surface area contributed by atoms with E-state index in [0.29, 0.717) is 42.3 Å². The van der Waals surface area contributed by atoms with Crippen LogP contribution in [-0.2, 0) is 29.1 Å². The highest BCUT2D eigenvalue weighted by atomic mass is 19.1. The number of fused-ring (bicyclic) bond motifs is 1. The Hall–Kier alpha value is -4.13. The average molecular weight is 445 g/mol. The molecule has 7 heteroatoms. The van der Waals surface area contributed by atoms with E-state index < -0.39 is 0 Å². The number of hydrogen-bond donors (Lipinski definition) is 2. The van der Waals surface area contributed by atoms with Gasteiger partial charge in [0, 0.05) is 11.8 Å². The molecule has 0 fully saturated rings. The Morgan fingerprint density at radius 2 is 1.64 bits per heavy atom. The van der Waals surface area contributed by atoms with Gasteiger partial charge in [-0.05, 0) is 54.0 Å². The van der Waals surface area contributed by atoms with Gasteiger partial charge in [0.05, 0.1) is 5.69 Å². The maximum Gasteiger partial charge on any atom is 0.149 e. The summed E-state index contributed by atoms with van der Waals surface area (Å²) in [5, 5.41) is 4.30. The predicted octanol–water partition coefficient (Wildman–Crippen LogP) is 4.61. The van der Waals surface area contributed by atoms with Crippen molar-refractivity contribution in [2.24, 2.45) is 16.7 Å². The van der Waals surface area contributed by atoms with E-state index in [1.54, 1.807) is 6.07 Å². The first-order valence-electron chi connectivity index (χ1n) is 10.6. The van der Waals surface area contributed by atoms with Crippen LogP contribution < -0.4 is 11.6 Å². The lowest BCUT2D eigenvalue weighted by Crippen LogP contribution is -2.18. The second kappa shape index (κ2) is 10.5. The smallest absolute Gasteiger partial charge is 0.149 e. The van der Waals surface area contributed by atoms with Crippen LogP contribution in [0.1, 0.15) is 23.2 Å². The Labute approximate surface area is 191 Å². The summed E-state index contributed by atoms with van der Waals surface area (Å²) in [6, 6.07) is 16.5. The lowest BCUT2D eigenvalue weighted by atomic mass is 10.0. The van der Waals surface area contributed by atoms with Gasteiger partial charge in [0.25, 0.3) is 0 Å². The number of nitrogens with two attached hydrogens (primary N) is 2. The lowest BCUT2D eigenvalue weighted by molar-refractivity contribution is 0.204. The number of allylic oxidation sites excluding steroid dienone is 4. The first kappa shape index (κ1) is 22.1. The number of amidine groups is 1. The van der Waals surface area contributed by atoms with Gasteiger partial charge >= 0.3 is 0 Å². The van der Waals surface area contributed by atoms with Crippen molar-refractivity contribution < 1.29 is 13.9 Å². The maximum atomic E-state index is 14.0. The number of hydrazone groups is 1. The van der Waals surface area contributed by atoms with Gasteiger partial charge < -0.3 is 21.1 Å². The molecule has 2 aromatic carbocycles. The van der Waals surface area contributed by atoms with Crippen LogP contribution in [0.15, 0.2) is 95.5 Å². The minimum atomic E-state index is -0.339. The van der Waals surface area contributed by atoms with E-state index in [1.807, 2.05) is 66.8 Å². The van der Waals surface area contributed by atoms with Gasteiger partial charge in [-0.25, -0.2) is 9.37 Å². The van der Waals surface area contributed by atoms with Crippen LogP contribution in [0.5, 0.6) is 0 Å². The van der Waals surface area contributed by atoms with Crippen LogP contribution in [0.4, 0.5) is 4.39 Å². The zero-order valence-electron chi connectivity index (χ0n) is 18.1. The Morgan fingerprint density at radius 1 is 0.909 bits per heavy atom. The normalized spacial score (nSPS) is 13.9. The molecule has 0 saturated heterocycles. The van der Waals surface area contributed by atoms with Crippen molar-refractivity contribution in [3.8, 4) is 0 Å². The van der Waals surface area contributed by atoms with E-state index in [9.17, 15) is 4.39 Å². The van der Waals surface area contributed by atoms with Crippen LogP contribution in [0.2, 0.25) is 0 Å². The number of halogens is 1. The summed E-state index contributed by atoms with van der Waals surface area (Å²) in [7, 11) is 0. The first-order chi connectivity index (χ1) is 16.1. The average Bonchev–Trinajstić information content (AvgIpc) is 3.07. The third kappa shape index (κ3) is 5.77. The monoisotopic (exact) mass is 444 g/mol. The fraction of sp³-hybridized carbons (Fsp3) is 0.154. The summed E-state index contributed by atoms with van der Waals surface area (Å²) in [4.78, 5) is 4.38. The SMILES string of the molecule is N/N=C(\N)Cc1ccccc1COC1=CCC=C(OCc2ccc3cccc(F)c3n2)C=C1. The number of rotatable bonds is 8. The van der Waals surface area contributed by atoms with Crippen LogP contribution in [-0.4, -0.2) is 10.8 Å². The number of pyridine rings is 1. The molecule has 3 aromatic rings. The number of hydrogen-bond acceptors (Lipinski definition) is 5. The van der Waals surface area contributed by atoms with Gasteiger partial charge in [-0.3, -0.25) is 0 Å². The highest BCUT2D eigenvalue weighted by molar-refractivity contribution is 5.82. The summed E-state index contributed by atoms with van der Waals surface area (Å²) in [6.45, 7) is 0.640. The van der Waals surface area contributed by atoms with Crippen molar-refractivity contribution in [1.29, 1.82) is 0 Å². The number of ether oxygens (including phenoxy) is 2. The molecule has 0 atom stereocenters. The quantitative estimate of drug-likeness (QED) is 0.229. The van der Waals surface area contributed by atoms with E-state index in [1.165, 1.54) is 6.07 Å². The van der Waals surface area contributed by atoms with Crippen LogP contribution in [0, 0.1) is 5.82 Å². The molecule has 6 nitrogen and oxygen atoms in total. The fourth-order valence-corrected chi connectivity index (χ4v) is 3.47. The summed E-state index contributed by atoms with van der Waals surface area (Å²) in [5.41, 5.74) is 8.81. The molecule has 0 aliphatic heterocycles. The van der Waals surface area contributed by atoms with E-state index in [2.05, 4.69) is 10.1 Å². The summed E-state index contributed by atoms with van der Waals surface area (Å²) >= 11 is 0. The molecule has 33 heavy (non-hydrogen) atoms. The molecule has 0 saturated carbocycles. The van der Waals surface area contributed by atoms with Gasteiger partial charge in [0.1, 0.15) is 41.9 Å². The van der Waals surface area contributed by atoms with Crippen molar-refractivity contribution in [2.45, 2.75) is 26.1 Å². The van der Waals surface area contributed by atoms with E-state index in [-0.39, 0.29) is 12.4 Å². The maximum absolute atomic E-state index is 14.0. The number of aromatic nitrogens is 1. The zero-order chi connectivity index (χ0) is 23.0. The molecule has 1 aromatic heterocycles. The molecule has 0 radical (unpaired) electrons. The van der Waals surface area contributed by atoms with Gasteiger partial charge in [-0.2, -0.15) is 5.10 Å². The van der Waals surface area contributed by atoms with E-state index in [4.69, 9.17) is 21.1 Å². The minimum Gasteiger partial charge on any atom is -0.489 e. The van der Waals surface area contributed by atoms with Crippen LogP contribution in [0.3, 0.4) is 0 Å². The van der Waals surface area contributed by atoms with Crippen molar-refractivity contribution in [3.05, 3.63) is 113 Å². The molecule has 0 amide bonds. The Balaban J connectivity index is 1.34. The van der Waals surface area contributed by atoms with Crippen molar-refractivity contribution in [2.75, 3.05) is 0 Å². The van der Waals surface area contributed by atoms with Gasteiger partial charge in [0.15, 0.2) is 0 Å². The largest absolute Gasteiger partial charge is 0.489 e. The molecule has 1 heterocycles. The lowest BCUT2D eigenvalue weighted by Gasteiger charge is -2.11. The van der Waals surface area contributed by atoms with Crippen LogP contribution in [0.25, 0.3) is 10.9 Å². The number of para-hydroxylation sites is 1. The van der Waals surface area contributed by atoms with Gasteiger partial charge in [-0.15, -0.1) is 0 Å². The molecular weight excluding hydrogens is 419 g/mol. The highest BCUT2D eigenvalue weighted by Crippen LogP contribution is 2.19.